The number of carbonyl (C=O) groups is 1. The number of nitrogens with zero attached hydrogens (tertiary/aromatic N) is 2. The number of nitrogens with two attached hydrogens (primary N) is 1. The smallest absolute Gasteiger partial charge is 0.409 e. The van der Waals surface area contributed by atoms with Crippen molar-refractivity contribution in [2.75, 3.05) is 19.7 Å². The summed E-state index contributed by atoms with van der Waals surface area (Å²) in [5.74, 6) is 0.251. The van der Waals surface area contributed by atoms with Gasteiger partial charge in [0.05, 0.1) is 18.0 Å². The molecule has 9 nitrogen and oxygen atoms in total. The van der Waals surface area contributed by atoms with Crippen molar-refractivity contribution < 1.29 is 17.9 Å². The van der Waals surface area contributed by atoms with Crippen molar-refractivity contribution in [3.63, 3.8) is 0 Å². The maximum atomic E-state index is 12.7. The maximum absolute atomic E-state index is 12.7. The highest BCUT2D eigenvalue weighted by atomic mass is 127. The van der Waals surface area contributed by atoms with Crippen LogP contribution in [0.5, 0.6) is 0 Å². The lowest BCUT2D eigenvalue weighted by molar-refractivity contribution is 0.0963. The fourth-order valence-electron chi connectivity index (χ4n) is 3.20. The molecule has 0 aliphatic carbocycles. The van der Waals surface area contributed by atoms with Gasteiger partial charge in [-0.15, -0.1) is 24.0 Å². The SMILES string of the molecule is CCOC(=O)N1CCC(NC(N)=NCc2ccccc2S(=O)(=O)NC(C)(C)C)CC1.I. The molecule has 1 aliphatic rings. The molecule has 31 heavy (non-hydrogen) atoms. The number of benzene rings is 1. The van der Waals surface area contributed by atoms with Crippen LogP contribution in [0, 0.1) is 0 Å². The van der Waals surface area contributed by atoms with Crippen molar-refractivity contribution in [3.05, 3.63) is 29.8 Å². The molecule has 1 aliphatic heterocycles. The number of halogens is 1. The number of aliphatic imine (C=N–C) groups is 1. The Labute approximate surface area is 202 Å². The molecule has 0 bridgehead atoms. The highest BCUT2D eigenvalue weighted by Gasteiger charge is 2.25. The second-order valence-corrected chi connectivity index (χ2v) is 9.92. The number of piperidine rings is 1. The lowest BCUT2D eigenvalue weighted by Crippen LogP contribution is -2.48. The molecular formula is C20H34IN5O4S. The second kappa shape index (κ2) is 11.9. The molecule has 1 heterocycles. The number of hydrogen-bond donors (Lipinski definition) is 3. The van der Waals surface area contributed by atoms with Crippen LogP contribution in [0.4, 0.5) is 4.79 Å². The van der Waals surface area contributed by atoms with Crippen molar-refractivity contribution in [3.8, 4) is 0 Å². The van der Waals surface area contributed by atoms with Crippen LogP contribution in [0.15, 0.2) is 34.2 Å². The van der Waals surface area contributed by atoms with E-state index in [-0.39, 0.29) is 53.5 Å². The molecule has 4 N–H and O–H groups in total. The zero-order valence-corrected chi connectivity index (χ0v) is 21.7. The van der Waals surface area contributed by atoms with E-state index in [0.717, 1.165) is 12.8 Å². The minimum atomic E-state index is -3.67. The molecule has 0 aromatic heterocycles. The first-order valence-electron chi connectivity index (χ1n) is 10.1. The minimum absolute atomic E-state index is 0. The summed E-state index contributed by atoms with van der Waals surface area (Å²) in [6.07, 6.45) is 1.17. The van der Waals surface area contributed by atoms with Gasteiger partial charge in [0.1, 0.15) is 0 Å². The van der Waals surface area contributed by atoms with Crippen LogP contribution in [0.3, 0.4) is 0 Å². The Bertz CT molecular complexity index is 863. The van der Waals surface area contributed by atoms with Gasteiger partial charge in [0, 0.05) is 24.7 Å². The molecule has 0 radical (unpaired) electrons. The van der Waals surface area contributed by atoms with Gasteiger partial charge in [-0.1, -0.05) is 18.2 Å². The molecule has 1 saturated heterocycles. The first kappa shape index (κ1) is 27.4. The quantitative estimate of drug-likeness (QED) is 0.276. The first-order chi connectivity index (χ1) is 14.0. The summed E-state index contributed by atoms with van der Waals surface area (Å²) in [5.41, 5.74) is 6.00. The number of ether oxygens (including phenoxy) is 1. The average molecular weight is 567 g/mol. The average Bonchev–Trinajstić information content (AvgIpc) is 2.65. The lowest BCUT2D eigenvalue weighted by atomic mass is 10.1. The third-order valence-electron chi connectivity index (χ3n) is 4.50. The summed E-state index contributed by atoms with van der Waals surface area (Å²) in [4.78, 5) is 18.0. The lowest BCUT2D eigenvalue weighted by Gasteiger charge is -2.31. The van der Waals surface area contributed by atoms with Gasteiger partial charge in [0.25, 0.3) is 0 Å². The van der Waals surface area contributed by atoms with E-state index in [4.69, 9.17) is 10.5 Å². The van der Waals surface area contributed by atoms with Crippen molar-refractivity contribution >= 4 is 46.1 Å². The third kappa shape index (κ3) is 8.81. The number of likely N-dealkylation sites (tertiary alicyclic amines) is 1. The molecule has 0 unspecified atom stereocenters. The minimum Gasteiger partial charge on any atom is -0.450 e. The third-order valence-corrected chi connectivity index (χ3v) is 6.35. The first-order valence-corrected chi connectivity index (χ1v) is 11.6. The highest BCUT2D eigenvalue weighted by molar-refractivity contribution is 14.0. The van der Waals surface area contributed by atoms with Crippen LogP contribution in [0.2, 0.25) is 0 Å². The van der Waals surface area contributed by atoms with E-state index in [2.05, 4.69) is 15.0 Å². The fourth-order valence-corrected chi connectivity index (χ4v) is 4.85. The van der Waals surface area contributed by atoms with E-state index < -0.39 is 15.6 Å². The molecule has 1 fully saturated rings. The van der Waals surface area contributed by atoms with E-state index >= 15 is 0 Å². The van der Waals surface area contributed by atoms with Crippen LogP contribution in [-0.4, -0.2) is 56.6 Å². The monoisotopic (exact) mass is 567 g/mol. The van der Waals surface area contributed by atoms with Crippen molar-refractivity contribution in [2.24, 2.45) is 10.7 Å². The molecule has 176 valence electrons. The van der Waals surface area contributed by atoms with Crippen molar-refractivity contribution in [1.29, 1.82) is 0 Å². The van der Waals surface area contributed by atoms with Gasteiger partial charge < -0.3 is 20.7 Å². The van der Waals surface area contributed by atoms with Gasteiger partial charge in [-0.05, 0) is 52.2 Å². The Kier molecular flexibility index (Phi) is 10.5. The number of amides is 1. The van der Waals surface area contributed by atoms with Crippen LogP contribution in [-0.2, 0) is 21.3 Å². The highest BCUT2D eigenvalue weighted by Crippen LogP contribution is 2.18. The zero-order chi connectivity index (χ0) is 22.4. The Hall–Kier alpha value is -1.60. The van der Waals surface area contributed by atoms with E-state index in [0.29, 0.717) is 25.3 Å². The normalized spacial score (nSPS) is 15.9. The Balaban J connectivity index is 0.00000480. The molecule has 0 atom stereocenters. The van der Waals surface area contributed by atoms with Crippen LogP contribution in [0.1, 0.15) is 46.1 Å². The number of rotatable bonds is 6. The van der Waals surface area contributed by atoms with Gasteiger partial charge in [0.2, 0.25) is 10.0 Å². The Morgan fingerprint density at radius 3 is 2.45 bits per heavy atom. The van der Waals surface area contributed by atoms with Gasteiger partial charge in [-0.3, -0.25) is 0 Å². The van der Waals surface area contributed by atoms with Gasteiger partial charge >= 0.3 is 6.09 Å². The summed E-state index contributed by atoms with van der Waals surface area (Å²) < 4.78 is 33.1. The molecule has 11 heteroatoms. The predicted octanol–water partition coefficient (Wildman–Crippen LogP) is 2.41. The van der Waals surface area contributed by atoms with E-state index in [1.54, 1.807) is 56.9 Å². The summed E-state index contributed by atoms with van der Waals surface area (Å²) in [6, 6.07) is 6.85. The molecule has 1 aromatic rings. The van der Waals surface area contributed by atoms with Crippen molar-refractivity contribution in [1.82, 2.24) is 14.9 Å². The molecule has 0 saturated carbocycles. The molecule has 0 spiro atoms. The Morgan fingerprint density at radius 2 is 1.87 bits per heavy atom. The number of hydrogen-bond acceptors (Lipinski definition) is 5. The summed E-state index contributed by atoms with van der Waals surface area (Å²) in [7, 11) is -3.67. The van der Waals surface area contributed by atoms with Crippen LogP contribution in [0.25, 0.3) is 0 Å². The van der Waals surface area contributed by atoms with Crippen molar-refractivity contribution in [2.45, 2.75) is 63.6 Å². The van der Waals surface area contributed by atoms with E-state index in [1.165, 1.54) is 0 Å². The fraction of sp³-hybridized carbons (Fsp3) is 0.600. The summed E-state index contributed by atoms with van der Waals surface area (Å²) >= 11 is 0. The topological polar surface area (TPSA) is 126 Å². The molecule has 2 rings (SSSR count). The number of sulfonamides is 1. The van der Waals surface area contributed by atoms with Gasteiger partial charge in [-0.2, -0.15) is 0 Å². The number of nitrogens with one attached hydrogen (secondary N) is 2. The zero-order valence-electron chi connectivity index (χ0n) is 18.6. The molecular weight excluding hydrogens is 533 g/mol. The van der Waals surface area contributed by atoms with Gasteiger partial charge in [-0.25, -0.2) is 22.9 Å². The summed E-state index contributed by atoms with van der Waals surface area (Å²) in [6.45, 7) is 8.83. The molecule has 1 amide bonds. The summed E-state index contributed by atoms with van der Waals surface area (Å²) in [5, 5.41) is 3.16. The standard InChI is InChI=1S/C20H33N5O4S.HI/c1-5-29-19(26)25-12-10-16(11-13-25)23-18(21)22-14-15-8-6-7-9-17(15)30(27,28)24-20(2,3)4;/h6-9,16,24H,5,10-14H2,1-4H3,(H3,21,22,23);1H. The van der Waals surface area contributed by atoms with Gasteiger partial charge in [0.15, 0.2) is 5.96 Å². The largest absolute Gasteiger partial charge is 0.450 e. The number of guanidine groups is 1. The van der Waals surface area contributed by atoms with Crippen LogP contribution >= 0.6 is 24.0 Å². The molecule has 1 aromatic carbocycles. The Morgan fingerprint density at radius 1 is 1.26 bits per heavy atom. The predicted molar refractivity (Wildman–Crippen MR) is 132 cm³/mol. The van der Waals surface area contributed by atoms with E-state index in [9.17, 15) is 13.2 Å². The number of carbonyl (C=O) groups excluding carboxylic acids is 1. The van der Waals surface area contributed by atoms with E-state index in [1.807, 2.05) is 0 Å². The van der Waals surface area contributed by atoms with Crippen LogP contribution < -0.4 is 15.8 Å². The second-order valence-electron chi connectivity index (χ2n) is 8.27. The maximum Gasteiger partial charge on any atom is 0.409 e.